The number of carboxylic acid groups (broad SMARTS) is 1. The second-order valence-electron chi connectivity index (χ2n) is 10.1. The number of carbonyl (C=O) groups excluding carboxylic acids is 1. The first-order valence-corrected chi connectivity index (χ1v) is 14.5. The Morgan fingerprint density at radius 2 is 1.78 bits per heavy atom. The van der Waals surface area contributed by atoms with E-state index in [0.717, 1.165) is 31.9 Å². The van der Waals surface area contributed by atoms with Crippen LogP contribution in [0.5, 0.6) is 0 Å². The van der Waals surface area contributed by atoms with E-state index in [4.69, 9.17) is 23.2 Å². The number of aromatic nitrogens is 1. The molecule has 37 heavy (non-hydrogen) atoms. The quantitative estimate of drug-likeness (QED) is 0.531. The van der Waals surface area contributed by atoms with Crippen molar-refractivity contribution in [1.29, 1.82) is 0 Å². The van der Waals surface area contributed by atoms with Gasteiger partial charge in [-0.15, -0.1) is 0 Å². The largest absolute Gasteiger partial charge is 0.480 e. The molecule has 3 heterocycles. The molecular weight excluding hydrogens is 539 g/mol. The molecule has 5 rings (SSSR count). The molecule has 12 heteroatoms. The molecule has 1 aliphatic carbocycles. The molecule has 2 unspecified atom stereocenters. The third-order valence-electron chi connectivity index (χ3n) is 7.78. The predicted octanol–water partition coefficient (Wildman–Crippen LogP) is 2.70. The number of likely N-dealkylation sites (tertiary alicyclic amines) is 1. The van der Waals surface area contributed by atoms with E-state index in [1.807, 2.05) is 0 Å². The fourth-order valence-electron chi connectivity index (χ4n) is 5.33. The molecule has 0 spiro atoms. The van der Waals surface area contributed by atoms with E-state index in [2.05, 4.69) is 21.8 Å². The molecule has 2 aliphatic heterocycles. The summed E-state index contributed by atoms with van der Waals surface area (Å²) in [5.74, 6) is -1.62. The smallest absolute Gasteiger partial charge is 0.326 e. The lowest BCUT2D eigenvalue weighted by Crippen LogP contribution is -2.46. The van der Waals surface area contributed by atoms with Crippen molar-refractivity contribution in [2.75, 3.05) is 44.7 Å². The van der Waals surface area contributed by atoms with Crippen molar-refractivity contribution < 1.29 is 23.1 Å². The van der Waals surface area contributed by atoms with Gasteiger partial charge < -0.3 is 19.8 Å². The number of nitrogens with zero attached hydrogens (tertiary/aromatic N) is 4. The van der Waals surface area contributed by atoms with Gasteiger partial charge in [0.05, 0.1) is 20.6 Å². The van der Waals surface area contributed by atoms with Crippen LogP contribution in [0.3, 0.4) is 0 Å². The van der Waals surface area contributed by atoms with Crippen LogP contribution in [0.25, 0.3) is 0 Å². The van der Waals surface area contributed by atoms with Crippen LogP contribution in [0.2, 0.25) is 10.2 Å². The molecule has 1 saturated carbocycles. The summed E-state index contributed by atoms with van der Waals surface area (Å²) in [5, 5.41) is 9.19. The van der Waals surface area contributed by atoms with Gasteiger partial charge in [0.25, 0.3) is 0 Å². The highest BCUT2D eigenvalue weighted by Gasteiger charge is 2.57. The van der Waals surface area contributed by atoms with Crippen LogP contribution >= 0.6 is 23.2 Å². The number of hydrogen-bond acceptors (Lipinski definition) is 7. The van der Waals surface area contributed by atoms with Crippen molar-refractivity contribution in [3.63, 3.8) is 0 Å². The Balaban J connectivity index is 1.39. The van der Waals surface area contributed by atoms with E-state index in [9.17, 15) is 23.1 Å². The lowest BCUT2D eigenvalue weighted by molar-refractivity contribution is -0.149. The van der Waals surface area contributed by atoms with Crippen LogP contribution in [-0.4, -0.2) is 91.2 Å². The number of piperazine rings is 1. The number of aliphatic carboxylic acids is 1. The zero-order valence-electron chi connectivity index (χ0n) is 20.3. The Morgan fingerprint density at radius 3 is 2.35 bits per heavy atom. The second kappa shape index (κ2) is 9.72. The summed E-state index contributed by atoms with van der Waals surface area (Å²) in [6, 6.07) is 6.94. The van der Waals surface area contributed by atoms with Crippen molar-refractivity contribution in [3.05, 3.63) is 52.3 Å². The van der Waals surface area contributed by atoms with Crippen molar-refractivity contribution in [3.8, 4) is 0 Å². The monoisotopic (exact) mass is 566 g/mol. The molecule has 1 aromatic heterocycles. The highest BCUT2D eigenvalue weighted by atomic mass is 35.5. The molecule has 9 nitrogen and oxygen atoms in total. The van der Waals surface area contributed by atoms with Gasteiger partial charge in [0, 0.05) is 44.6 Å². The second-order valence-corrected chi connectivity index (χ2v) is 13.1. The van der Waals surface area contributed by atoms with Crippen LogP contribution in [-0.2, 0) is 24.8 Å². The number of halogens is 2. The Labute approximate surface area is 225 Å². The average Bonchev–Trinajstić information content (AvgIpc) is 3.54. The van der Waals surface area contributed by atoms with E-state index in [1.165, 1.54) is 17.2 Å². The fraction of sp³-hybridized carbons (Fsp3) is 0.480. The minimum atomic E-state index is -4.00. The van der Waals surface area contributed by atoms with Gasteiger partial charge in [-0.3, -0.25) is 4.79 Å². The molecule has 2 aromatic rings. The maximum absolute atomic E-state index is 13.6. The lowest BCUT2D eigenvalue weighted by atomic mass is 9.95. The van der Waals surface area contributed by atoms with Crippen LogP contribution in [0.1, 0.15) is 24.8 Å². The van der Waals surface area contributed by atoms with Gasteiger partial charge in [-0.2, -0.15) is 0 Å². The highest BCUT2D eigenvalue weighted by Crippen LogP contribution is 2.50. The van der Waals surface area contributed by atoms with Crippen molar-refractivity contribution in [2.45, 2.75) is 40.9 Å². The van der Waals surface area contributed by atoms with Crippen molar-refractivity contribution in [1.82, 2.24) is 14.8 Å². The SMILES string of the molecule is CN1CCN(c2ccc(S(=O)(=O)C3CC(C(=O)O)N(C(=O)C4(c5ccc(Cl)nc5)CC4)C3)c(Cl)c2)CC1. The molecular formula is C25H28Cl2N4O5S. The Kier molecular flexibility index (Phi) is 6.89. The van der Waals surface area contributed by atoms with Crippen molar-refractivity contribution >= 4 is 50.6 Å². The molecule has 3 fully saturated rings. The normalized spacial score (nSPS) is 23.8. The van der Waals surface area contributed by atoms with Gasteiger partial charge in [-0.1, -0.05) is 29.3 Å². The molecule has 1 amide bonds. The number of likely N-dealkylation sites (N-methyl/N-ethyl adjacent to an activating group) is 1. The van der Waals surface area contributed by atoms with E-state index < -0.39 is 38.4 Å². The Hall–Kier alpha value is -2.40. The number of benzene rings is 1. The number of hydrogen-bond donors (Lipinski definition) is 1. The third-order valence-corrected chi connectivity index (χ3v) is 10.6. The molecule has 0 bridgehead atoms. The van der Waals surface area contributed by atoms with E-state index in [1.54, 1.807) is 24.3 Å². The zero-order valence-corrected chi connectivity index (χ0v) is 22.6. The third kappa shape index (κ3) is 4.80. The van der Waals surface area contributed by atoms with Gasteiger partial charge >= 0.3 is 5.97 Å². The lowest BCUT2D eigenvalue weighted by Gasteiger charge is -2.34. The first kappa shape index (κ1) is 26.2. The number of rotatable bonds is 6. The summed E-state index contributed by atoms with van der Waals surface area (Å²) in [5.41, 5.74) is 0.599. The van der Waals surface area contributed by atoms with Crippen LogP contribution in [0, 0.1) is 0 Å². The number of anilines is 1. The molecule has 1 N–H and O–H groups in total. The maximum Gasteiger partial charge on any atom is 0.326 e. The van der Waals surface area contributed by atoms with E-state index in [-0.39, 0.29) is 22.9 Å². The fourth-order valence-corrected chi connectivity index (χ4v) is 7.68. The highest BCUT2D eigenvalue weighted by molar-refractivity contribution is 7.92. The Bertz CT molecular complexity index is 1330. The standard InChI is InChI=1S/C25H28Cl2N4O5S/c1-29-8-10-30(11-9-29)17-3-4-21(19(26)12-17)37(35,36)18-13-20(23(32)33)31(15-18)24(34)25(6-7-25)16-2-5-22(27)28-14-16/h2-5,12,14,18,20H,6-11,13,15H2,1H3,(H,32,33). The minimum Gasteiger partial charge on any atom is -0.480 e. The van der Waals surface area contributed by atoms with Gasteiger partial charge in [0.2, 0.25) is 5.91 Å². The summed E-state index contributed by atoms with van der Waals surface area (Å²) >= 11 is 12.4. The Morgan fingerprint density at radius 1 is 1.08 bits per heavy atom. The molecule has 2 atom stereocenters. The van der Waals surface area contributed by atoms with E-state index >= 15 is 0 Å². The molecule has 3 aliphatic rings. The predicted molar refractivity (Wildman–Crippen MR) is 140 cm³/mol. The summed E-state index contributed by atoms with van der Waals surface area (Å²) in [4.78, 5) is 35.3. The van der Waals surface area contributed by atoms with Crippen LogP contribution in [0.15, 0.2) is 41.4 Å². The first-order valence-electron chi connectivity index (χ1n) is 12.2. The molecule has 2 saturated heterocycles. The molecule has 198 valence electrons. The van der Waals surface area contributed by atoms with Gasteiger partial charge in [-0.05, 0) is 56.1 Å². The number of sulfone groups is 1. The number of carbonyl (C=O) groups is 2. The zero-order chi connectivity index (χ0) is 26.5. The summed E-state index contributed by atoms with van der Waals surface area (Å²) in [7, 11) is -1.95. The van der Waals surface area contributed by atoms with Crippen molar-refractivity contribution in [2.24, 2.45) is 0 Å². The van der Waals surface area contributed by atoms with Gasteiger partial charge in [0.1, 0.15) is 11.2 Å². The van der Waals surface area contributed by atoms with Gasteiger partial charge in [-0.25, -0.2) is 18.2 Å². The van der Waals surface area contributed by atoms with Crippen LogP contribution < -0.4 is 4.90 Å². The first-order chi connectivity index (χ1) is 17.5. The average molecular weight is 567 g/mol. The summed E-state index contributed by atoms with van der Waals surface area (Å²) in [6.45, 7) is 3.20. The number of pyridine rings is 1. The minimum absolute atomic E-state index is 0.0430. The summed E-state index contributed by atoms with van der Waals surface area (Å²) in [6.07, 6.45) is 2.40. The maximum atomic E-state index is 13.6. The summed E-state index contributed by atoms with van der Waals surface area (Å²) < 4.78 is 27.3. The van der Waals surface area contributed by atoms with E-state index in [0.29, 0.717) is 23.6 Å². The van der Waals surface area contributed by atoms with Gasteiger partial charge in [0.15, 0.2) is 9.84 Å². The number of amides is 1. The molecule has 1 aromatic carbocycles. The topological polar surface area (TPSA) is 111 Å². The molecule has 0 radical (unpaired) electrons. The van der Waals surface area contributed by atoms with Crippen LogP contribution in [0.4, 0.5) is 5.69 Å². The number of carboxylic acids is 1.